The maximum absolute atomic E-state index is 12.0. The topological polar surface area (TPSA) is 37.4 Å². The predicted octanol–water partition coefficient (Wildman–Crippen LogP) is 3.30. The zero-order chi connectivity index (χ0) is 13.4. The lowest BCUT2D eigenvalue weighted by Gasteiger charge is -2.27. The van der Waals surface area contributed by atoms with E-state index in [2.05, 4.69) is 15.9 Å². The summed E-state index contributed by atoms with van der Waals surface area (Å²) in [5.41, 5.74) is 0.885. The molecule has 1 saturated heterocycles. The number of carbonyl (C=O) groups excluding carboxylic acids is 2. The van der Waals surface area contributed by atoms with Gasteiger partial charge in [-0.25, -0.2) is 0 Å². The Labute approximate surface area is 119 Å². The minimum Gasteiger partial charge on any atom is -0.311 e. The summed E-state index contributed by atoms with van der Waals surface area (Å²) in [5, 5.41) is 2.10. The van der Waals surface area contributed by atoms with Crippen molar-refractivity contribution in [2.24, 2.45) is 0 Å². The number of Topliss-reactive ketones (excluding diaryl/α,β-unsaturated/α-hetero) is 1. The van der Waals surface area contributed by atoms with E-state index < -0.39 is 0 Å². The highest BCUT2D eigenvalue weighted by atomic mass is 79.9. The van der Waals surface area contributed by atoms with E-state index >= 15 is 0 Å². The first-order chi connectivity index (χ1) is 9.16. The number of nitrogens with zero attached hydrogens (tertiary/aromatic N) is 1. The number of halogens is 1. The van der Waals surface area contributed by atoms with E-state index in [1.807, 2.05) is 36.4 Å². The monoisotopic (exact) mass is 317 g/mol. The van der Waals surface area contributed by atoms with E-state index in [9.17, 15) is 9.59 Å². The molecule has 1 heterocycles. The summed E-state index contributed by atoms with van der Waals surface area (Å²) in [6.45, 7) is 0.475. The fourth-order valence-electron chi connectivity index (χ4n) is 2.45. The molecule has 1 amide bonds. The smallest absolute Gasteiger partial charge is 0.234 e. The van der Waals surface area contributed by atoms with E-state index in [1.165, 1.54) is 0 Å². The molecule has 1 aliphatic heterocycles. The number of benzene rings is 2. The lowest BCUT2D eigenvalue weighted by Crippen LogP contribution is -2.39. The minimum atomic E-state index is -0.108. The van der Waals surface area contributed by atoms with Crippen molar-refractivity contribution in [3.05, 3.63) is 40.9 Å². The molecule has 3 nitrogen and oxygen atoms in total. The molecule has 0 aliphatic carbocycles. The van der Waals surface area contributed by atoms with Crippen molar-refractivity contribution in [2.75, 3.05) is 11.4 Å². The fourth-order valence-corrected chi connectivity index (χ4v) is 2.93. The van der Waals surface area contributed by atoms with Crippen molar-refractivity contribution in [3.8, 4) is 0 Å². The van der Waals surface area contributed by atoms with Gasteiger partial charge in [0.25, 0.3) is 0 Å². The zero-order valence-corrected chi connectivity index (χ0v) is 11.8. The lowest BCUT2D eigenvalue weighted by atomic mass is 10.0. The molecule has 0 saturated carbocycles. The van der Waals surface area contributed by atoms with Crippen LogP contribution in [-0.4, -0.2) is 18.2 Å². The van der Waals surface area contributed by atoms with Gasteiger partial charge in [-0.15, -0.1) is 0 Å². The number of carbonyl (C=O) groups is 2. The number of fused-ring (bicyclic) bond motifs is 1. The van der Waals surface area contributed by atoms with Gasteiger partial charge in [0.15, 0.2) is 0 Å². The maximum atomic E-state index is 12.0. The Balaban J connectivity index is 2.13. The first-order valence-corrected chi connectivity index (χ1v) is 6.95. The molecule has 1 aliphatic rings. The summed E-state index contributed by atoms with van der Waals surface area (Å²) in [6, 6.07) is 11.8. The average Bonchev–Trinajstić information content (AvgIpc) is 2.41. The first kappa shape index (κ1) is 12.4. The molecule has 1 fully saturated rings. The van der Waals surface area contributed by atoms with Crippen molar-refractivity contribution >= 4 is 44.1 Å². The number of hydrogen-bond donors (Lipinski definition) is 0. The number of ketones is 1. The van der Waals surface area contributed by atoms with E-state index in [4.69, 9.17) is 0 Å². The molecule has 0 radical (unpaired) electrons. The third-order valence-electron chi connectivity index (χ3n) is 3.40. The Morgan fingerprint density at radius 3 is 2.47 bits per heavy atom. The van der Waals surface area contributed by atoms with Crippen LogP contribution in [0.2, 0.25) is 0 Å². The summed E-state index contributed by atoms with van der Waals surface area (Å²) in [7, 11) is 0. The van der Waals surface area contributed by atoms with Crippen LogP contribution in [0.5, 0.6) is 0 Å². The van der Waals surface area contributed by atoms with Gasteiger partial charge in [-0.05, 0) is 17.5 Å². The normalized spacial score (nSPS) is 16.2. The standard InChI is InChI=1S/C15H12BrNO2/c16-13-5-6-14(12-4-2-1-3-11(12)13)17-8-7-10(18)9-15(17)19/h1-6H,7-9H2. The van der Waals surface area contributed by atoms with Crippen molar-refractivity contribution in [1.82, 2.24) is 0 Å². The van der Waals surface area contributed by atoms with E-state index in [0.29, 0.717) is 13.0 Å². The van der Waals surface area contributed by atoms with Crippen molar-refractivity contribution in [1.29, 1.82) is 0 Å². The molecule has 0 N–H and O–H groups in total. The van der Waals surface area contributed by atoms with Gasteiger partial charge in [-0.3, -0.25) is 9.59 Å². The summed E-state index contributed by atoms with van der Waals surface area (Å²) >= 11 is 3.52. The Morgan fingerprint density at radius 2 is 1.74 bits per heavy atom. The molecule has 0 atom stereocenters. The van der Waals surface area contributed by atoms with Gasteiger partial charge in [0.2, 0.25) is 5.91 Å². The van der Waals surface area contributed by atoms with Gasteiger partial charge in [-0.1, -0.05) is 40.2 Å². The number of hydrogen-bond acceptors (Lipinski definition) is 2. The Kier molecular flexibility index (Phi) is 3.11. The van der Waals surface area contributed by atoms with Crippen LogP contribution in [0.3, 0.4) is 0 Å². The highest BCUT2D eigenvalue weighted by molar-refractivity contribution is 9.10. The second-order valence-electron chi connectivity index (χ2n) is 4.62. The largest absolute Gasteiger partial charge is 0.311 e. The fraction of sp³-hybridized carbons (Fsp3) is 0.200. The second-order valence-corrected chi connectivity index (χ2v) is 5.48. The van der Waals surface area contributed by atoms with E-state index in [0.717, 1.165) is 20.9 Å². The molecule has 0 spiro atoms. The van der Waals surface area contributed by atoms with Gasteiger partial charge >= 0.3 is 0 Å². The van der Waals surface area contributed by atoms with Crippen LogP contribution in [0.1, 0.15) is 12.8 Å². The highest BCUT2D eigenvalue weighted by Crippen LogP contribution is 2.33. The van der Waals surface area contributed by atoms with Gasteiger partial charge in [0.05, 0.1) is 12.1 Å². The van der Waals surface area contributed by atoms with Gasteiger partial charge in [0.1, 0.15) is 5.78 Å². The molecule has 0 unspecified atom stereocenters. The summed E-state index contributed by atoms with van der Waals surface area (Å²) in [6.07, 6.45) is 0.459. The van der Waals surface area contributed by atoms with Crippen LogP contribution < -0.4 is 4.90 Å². The highest BCUT2D eigenvalue weighted by Gasteiger charge is 2.26. The first-order valence-electron chi connectivity index (χ1n) is 6.16. The van der Waals surface area contributed by atoms with Crippen LogP contribution in [-0.2, 0) is 9.59 Å². The molecule has 0 aromatic heterocycles. The van der Waals surface area contributed by atoms with Crippen LogP contribution in [0.4, 0.5) is 5.69 Å². The predicted molar refractivity (Wildman–Crippen MR) is 78.2 cm³/mol. The Hall–Kier alpha value is -1.68. The molecule has 19 heavy (non-hydrogen) atoms. The summed E-state index contributed by atoms with van der Waals surface area (Å²) < 4.78 is 1.01. The molecule has 2 aromatic rings. The number of rotatable bonds is 1. The quantitative estimate of drug-likeness (QED) is 0.757. The second kappa shape index (κ2) is 4.78. The minimum absolute atomic E-state index is 0.0182. The number of piperidine rings is 1. The third-order valence-corrected chi connectivity index (χ3v) is 4.09. The molecule has 3 rings (SSSR count). The van der Waals surface area contributed by atoms with Crippen molar-refractivity contribution in [2.45, 2.75) is 12.8 Å². The lowest BCUT2D eigenvalue weighted by molar-refractivity contribution is -0.128. The van der Waals surface area contributed by atoms with Gasteiger partial charge in [-0.2, -0.15) is 0 Å². The van der Waals surface area contributed by atoms with Crippen molar-refractivity contribution in [3.63, 3.8) is 0 Å². The van der Waals surface area contributed by atoms with Crippen LogP contribution in [0.25, 0.3) is 10.8 Å². The molecule has 0 bridgehead atoms. The van der Waals surface area contributed by atoms with Crippen LogP contribution in [0.15, 0.2) is 40.9 Å². The summed E-state index contributed by atoms with van der Waals surface area (Å²) in [5.74, 6) is -0.0774. The number of anilines is 1. The van der Waals surface area contributed by atoms with Gasteiger partial charge < -0.3 is 4.90 Å². The molecular formula is C15H12BrNO2. The van der Waals surface area contributed by atoms with Gasteiger partial charge in [0, 0.05) is 22.8 Å². The number of amides is 1. The van der Waals surface area contributed by atoms with Crippen molar-refractivity contribution < 1.29 is 9.59 Å². The van der Waals surface area contributed by atoms with Crippen LogP contribution in [0, 0.1) is 0 Å². The zero-order valence-electron chi connectivity index (χ0n) is 10.2. The Bertz CT molecular complexity index is 681. The third kappa shape index (κ3) is 2.16. The Morgan fingerprint density at radius 1 is 1.00 bits per heavy atom. The molecular weight excluding hydrogens is 306 g/mol. The molecule has 4 heteroatoms. The summed E-state index contributed by atoms with van der Waals surface area (Å²) in [4.78, 5) is 25.1. The van der Waals surface area contributed by atoms with Crippen LogP contribution >= 0.6 is 15.9 Å². The maximum Gasteiger partial charge on any atom is 0.234 e. The van der Waals surface area contributed by atoms with E-state index in [1.54, 1.807) is 4.90 Å². The molecule has 2 aromatic carbocycles. The van der Waals surface area contributed by atoms with E-state index in [-0.39, 0.29) is 18.1 Å². The molecule has 96 valence electrons. The SMILES string of the molecule is O=C1CCN(c2ccc(Br)c3ccccc23)C(=O)C1. The average molecular weight is 318 g/mol.